The lowest BCUT2D eigenvalue weighted by atomic mass is 10.5. The summed E-state index contributed by atoms with van der Waals surface area (Å²) >= 11 is 1.81. The molecule has 72 valence electrons. The van der Waals surface area contributed by atoms with Gasteiger partial charge in [0.25, 0.3) is 0 Å². The molecular formula is C8H14N4S. The number of rotatable bonds is 4. The lowest BCUT2D eigenvalue weighted by Crippen LogP contribution is -2.09. The Morgan fingerprint density at radius 3 is 3.00 bits per heavy atom. The monoisotopic (exact) mass is 198 g/mol. The fourth-order valence-electron chi connectivity index (χ4n) is 0.790. The number of nitrogens with zero attached hydrogens (tertiary/aromatic N) is 2. The Morgan fingerprint density at radius 2 is 2.38 bits per heavy atom. The van der Waals surface area contributed by atoms with Gasteiger partial charge in [0.05, 0.1) is 5.75 Å². The molecule has 0 fully saturated rings. The number of nitrogen functional groups attached to an aromatic ring is 1. The second kappa shape index (κ2) is 5.04. The summed E-state index contributed by atoms with van der Waals surface area (Å²) in [6.07, 6.45) is 1.71. The van der Waals surface area contributed by atoms with Gasteiger partial charge in [-0.15, -0.1) is 0 Å². The predicted molar refractivity (Wildman–Crippen MR) is 56.3 cm³/mol. The van der Waals surface area contributed by atoms with Crippen LogP contribution in [-0.4, -0.2) is 15.2 Å². The molecule has 0 amide bonds. The highest BCUT2D eigenvalue weighted by molar-refractivity contribution is 7.99. The van der Waals surface area contributed by atoms with E-state index in [4.69, 9.17) is 5.84 Å². The molecule has 1 heterocycles. The van der Waals surface area contributed by atoms with E-state index in [1.165, 1.54) is 0 Å². The van der Waals surface area contributed by atoms with Crippen LogP contribution in [-0.2, 0) is 5.75 Å². The molecule has 13 heavy (non-hydrogen) atoms. The number of aromatic nitrogens is 2. The summed E-state index contributed by atoms with van der Waals surface area (Å²) in [5.41, 5.74) is 2.49. The van der Waals surface area contributed by atoms with Crippen molar-refractivity contribution in [2.45, 2.75) is 24.9 Å². The smallest absolute Gasteiger partial charge is 0.143 e. The molecule has 0 aliphatic rings. The topological polar surface area (TPSA) is 63.8 Å². The molecule has 1 aromatic heterocycles. The first-order valence-electron chi connectivity index (χ1n) is 4.12. The molecule has 0 atom stereocenters. The SMILES string of the molecule is CC(C)SCc1nccc(NN)n1. The van der Waals surface area contributed by atoms with Gasteiger partial charge in [-0.25, -0.2) is 15.8 Å². The molecular weight excluding hydrogens is 184 g/mol. The molecule has 0 bridgehead atoms. The van der Waals surface area contributed by atoms with Crippen LogP contribution in [0.25, 0.3) is 0 Å². The third-order valence-corrected chi connectivity index (χ3v) is 2.49. The second-order valence-electron chi connectivity index (χ2n) is 2.86. The van der Waals surface area contributed by atoms with Gasteiger partial charge in [-0.2, -0.15) is 11.8 Å². The van der Waals surface area contributed by atoms with E-state index in [2.05, 4.69) is 29.2 Å². The molecule has 0 aromatic carbocycles. The van der Waals surface area contributed by atoms with Crippen molar-refractivity contribution in [3.63, 3.8) is 0 Å². The number of hydrogen-bond donors (Lipinski definition) is 2. The van der Waals surface area contributed by atoms with Crippen molar-refractivity contribution in [1.82, 2.24) is 9.97 Å². The molecule has 0 saturated carbocycles. The van der Waals surface area contributed by atoms with Crippen LogP contribution < -0.4 is 11.3 Å². The Kier molecular flexibility index (Phi) is 3.98. The minimum absolute atomic E-state index is 0.595. The van der Waals surface area contributed by atoms with Crippen molar-refractivity contribution in [2.24, 2.45) is 5.84 Å². The number of thioether (sulfide) groups is 1. The second-order valence-corrected chi connectivity index (χ2v) is 4.43. The molecule has 5 heteroatoms. The molecule has 1 rings (SSSR count). The number of anilines is 1. The third kappa shape index (κ3) is 3.61. The minimum atomic E-state index is 0.595. The maximum absolute atomic E-state index is 5.23. The maximum atomic E-state index is 5.23. The highest BCUT2D eigenvalue weighted by Gasteiger charge is 2.00. The summed E-state index contributed by atoms with van der Waals surface area (Å²) in [7, 11) is 0. The zero-order valence-electron chi connectivity index (χ0n) is 7.82. The Labute approximate surface area is 82.3 Å². The van der Waals surface area contributed by atoms with Gasteiger partial charge in [-0.1, -0.05) is 13.8 Å². The molecule has 0 spiro atoms. The first-order valence-corrected chi connectivity index (χ1v) is 5.17. The zero-order chi connectivity index (χ0) is 9.68. The summed E-state index contributed by atoms with van der Waals surface area (Å²) in [5, 5.41) is 0.595. The quantitative estimate of drug-likeness (QED) is 0.565. The van der Waals surface area contributed by atoms with Crippen LogP contribution in [0.5, 0.6) is 0 Å². The summed E-state index contributed by atoms with van der Waals surface area (Å²) < 4.78 is 0. The first kappa shape index (κ1) is 10.3. The Bertz CT molecular complexity index is 264. The minimum Gasteiger partial charge on any atom is -0.308 e. The average Bonchev–Trinajstić information content (AvgIpc) is 2.15. The van der Waals surface area contributed by atoms with Gasteiger partial charge in [-0.05, 0) is 5.25 Å². The molecule has 0 unspecified atom stereocenters. The van der Waals surface area contributed by atoms with Crippen molar-refractivity contribution in [1.29, 1.82) is 0 Å². The molecule has 0 aliphatic carbocycles. The first-order chi connectivity index (χ1) is 6.22. The van der Waals surface area contributed by atoms with Crippen molar-refractivity contribution >= 4 is 17.6 Å². The van der Waals surface area contributed by atoms with E-state index in [9.17, 15) is 0 Å². The Balaban J connectivity index is 2.56. The van der Waals surface area contributed by atoms with Crippen LogP contribution in [0.1, 0.15) is 19.7 Å². The van der Waals surface area contributed by atoms with E-state index in [1.54, 1.807) is 12.3 Å². The number of nitrogens with one attached hydrogen (secondary N) is 1. The van der Waals surface area contributed by atoms with Crippen molar-refractivity contribution in [3.8, 4) is 0 Å². The maximum Gasteiger partial charge on any atom is 0.143 e. The predicted octanol–water partition coefficient (Wildman–Crippen LogP) is 1.40. The largest absolute Gasteiger partial charge is 0.308 e. The molecule has 0 aliphatic heterocycles. The molecule has 4 nitrogen and oxygen atoms in total. The van der Waals surface area contributed by atoms with Gasteiger partial charge in [-0.3, -0.25) is 0 Å². The molecule has 3 N–H and O–H groups in total. The average molecular weight is 198 g/mol. The van der Waals surface area contributed by atoms with Crippen LogP contribution >= 0.6 is 11.8 Å². The summed E-state index contributed by atoms with van der Waals surface area (Å²) in [6.45, 7) is 4.30. The fraction of sp³-hybridized carbons (Fsp3) is 0.500. The van der Waals surface area contributed by atoms with E-state index < -0.39 is 0 Å². The molecule has 0 saturated heterocycles. The summed E-state index contributed by atoms with van der Waals surface area (Å²) in [4.78, 5) is 8.33. The fourth-order valence-corrected chi connectivity index (χ4v) is 1.41. The number of nitrogens with two attached hydrogens (primary N) is 1. The van der Waals surface area contributed by atoms with Gasteiger partial charge in [0.15, 0.2) is 0 Å². The summed E-state index contributed by atoms with van der Waals surface area (Å²) in [5.74, 6) is 7.53. The Hall–Kier alpha value is -0.810. The highest BCUT2D eigenvalue weighted by atomic mass is 32.2. The van der Waals surface area contributed by atoms with E-state index in [0.29, 0.717) is 11.1 Å². The third-order valence-electron chi connectivity index (χ3n) is 1.40. The lowest BCUT2D eigenvalue weighted by molar-refractivity contribution is 1.01. The van der Waals surface area contributed by atoms with Crippen molar-refractivity contribution < 1.29 is 0 Å². The molecule has 0 radical (unpaired) electrons. The van der Waals surface area contributed by atoms with Crippen LogP contribution in [0.4, 0.5) is 5.82 Å². The van der Waals surface area contributed by atoms with Crippen LogP contribution in [0.3, 0.4) is 0 Å². The van der Waals surface area contributed by atoms with E-state index in [1.807, 2.05) is 11.8 Å². The van der Waals surface area contributed by atoms with Gasteiger partial charge in [0.1, 0.15) is 11.6 Å². The van der Waals surface area contributed by atoms with Gasteiger partial charge >= 0.3 is 0 Å². The van der Waals surface area contributed by atoms with E-state index in [0.717, 1.165) is 11.6 Å². The van der Waals surface area contributed by atoms with Crippen molar-refractivity contribution in [2.75, 3.05) is 5.43 Å². The Morgan fingerprint density at radius 1 is 1.62 bits per heavy atom. The van der Waals surface area contributed by atoms with E-state index in [-0.39, 0.29) is 0 Å². The molecule has 1 aromatic rings. The van der Waals surface area contributed by atoms with Crippen molar-refractivity contribution in [3.05, 3.63) is 18.1 Å². The number of hydrazine groups is 1. The number of hydrogen-bond acceptors (Lipinski definition) is 5. The van der Waals surface area contributed by atoms with Gasteiger partial charge < -0.3 is 5.43 Å². The van der Waals surface area contributed by atoms with Crippen LogP contribution in [0.15, 0.2) is 12.3 Å². The van der Waals surface area contributed by atoms with Crippen LogP contribution in [0, 0.1) is 0 Å². The van der Waals surface area contributed by atoms with Gasteiger partial charge in [0.2, 0.25) is 0 Å². The normalized spacial score (nSPS) is 10.5. The highest BCUT2D eigenvalue weighted by Crippen LogP contribution is 2.14. The van der Waals surface area contributed by atoms with Crippen LogP contribution in [0.2, 0.25) is 0 Å². The zero-order valence-corrected chi connectivity index (χ0v) is 8.64. The van der Waals surface area contributed by atoms with Gasteiger partial charge in [0, 0.05) is 12.3 Å². The lowest BCUT2D eigenvalue weighted by Gasteiger charge is -2.04. The standard InChI is InChI=1S/C8H14N4S/c1-6(2)13-5-8-10-4-3-7(11-8)12-9/h3-4,6H,5,9H2,1-2H3,(H,10,11,12). The van der Waals surface area contributed by atoms with E-state index >= 15 is 0 Å². The summed E-state index contributed by atoms with van der Waals surface area (Å²) in [6, 6.07) is 1.74.